The van der Waals surface area contributed by atoms with Crippen molar-refractivity contribution in [1.29, 1.82) is 0 Å². The van der Waals surface area contributed by atoms with Crippen molar-refractivity contribution in [3.05, 3.63) is 63.6 Å². The Bertz CT molecular complexity index is 865. The number of carbonyl (C=O) groups is 2. The minimum absolute atomic E-state index is 0.123. The summed E-state index contributed by atoms with van der Waals surface area (Å²) < 4.78 is 6.75. The van der Waals surface area contributed by atoms with Crippen LogP contribution in [0.2, 0.25) is 0 Å². The standard InChI is InChI=1S/C24H31BrN2O3/c1-16(2)13-26-24(29)19(5)27(14-20-7-9-21(25)10-8-20)23(28)15-30-22-11-6-17(3)12-18(22)4/h6-12,16,19H,13-15H2,1-5H3,(H,26,29). The number of aryl methyl sites for hydroxylation is 2. The van der Waals surface area contributed by atoms with Gasteiger partial charge in [-0.2, -0.15) is 0 Å². The van der Waals surface area contributed by atoms with Crippen LogP contribution < -0.4 is 10.1 Å². The first-order chi connectivity index (χ1) is 14.2. The van der Waals surface area contributed by atoms with Gasteiger partial charge < -0.3 is 15.0 Å². The fourth-order valence-electron chi connectivity index (χ4n) is 3.01. The summed E-state index contributed by atoms with van der Waals surface area (Å²) in [6.45, 7) is 10.6. The van der Waals surface area contributed by atoms with E-state index in [4.69, 9.17) is 4.74 Å². The first-order valence-corrected chi connectivity index (χ1v) is 11.0. The van der Waals surface area contributed by atoms with Crippen LogP contribution in [-0.2, 0) is 16.1 Å². The van der Waals surface area contributed by atoms with Gasteiger partial charge in [-0.3, -0.25) is 9.59 Å². The molecule has 2 aromatic rings. The Morgan fingerprint density at radius 2 is 1.73 bits per heavy atom. The average Bonchev–Trinajstić information content (AvgIpc) is 2.70. The lowest BCUT2D eigenvalue weighted by Gasteiger charge is -2.29. The van der Waals surface area contributed by atoms with Crippen molar-refractivity contribution in [2.45, 2.75) is 47.2 Å². The van der Waals surface area contributed by atoms with Gasteiger partial charge in [0.1, 0.15) is 11.8 Å². The Hall–Kier alpha value is -2.34. The zero-order chi connectivity index (χ0) is 22.3. The van der Waals surface area contributed by atoms with Gasteiger partial charge in [0.15, 0.2) is 6.61 Å². The largest absolute Gasteiger partial charge is 0.483 e. The van der Waals surface area contributed by atoms with Gasteiger partial charge in [0, 0.05) is 17.6 Å². The first kappa shape index (κ1) is 23.9. The number of amides is 2. The molecule has 2 rings (SSSR count). The van der Waals surface area contributed by atoms with Crippen LogP contribution in [0.4, 0.5) is 0 Å². The second-order valence-electron chi connectivity index (χ2n) is 8.02. The Kier molecular flexibility index (Phi) is 8.90. The van der Waals surface area contributed by atoms with Gasteiger partial charge >= 0.3 is 0 Å². The number of halogens is 1. The van der Waals surface area contributed by atoms with Crippen LogP contribution in [0, 0.1) is 19.8 Å². The van der Waals surface area contributed by atoms with E-state index in [1.54, 1.807) is 11.8 Å². The predicted molar refractivity (Wildman–Crippen MR) is 123 cm³/mol. The Morgan fingerprint density at radius 3 is 2.33 bits per heavy atom. The van der Waals surface area contributed by atoms with E-state index in [9.17, 15) is 9.59 Å². The van der Waals surface area contributed by atoms with E-state index >= 15 is 0 Å². The third kappa shape index (κ3) is 7.17. The molecule has 0 spiro atoms. The molecule has 0 aliphatic heterocycles. The highest BCUT2D eigenvalue weighted by Crippen LogP contribution is 2.19. The topological polar surface area (TPSA) is 58.6 Å². The third-order valence-corrected chi connectivity index (χ3v) is 5.33. The van der Waals surface area contributed by atoms with E-state index in [0.29, 0.717) is 24.8 Å². The van der Waals surface area contributed by atoms with Gasteiger partial charge in [0.05, 0.1) is 0 Å². The summed E-state index contributed by atoms with van der Waals surface area (Å²) in [5.74, 6) is 0.616. The van der Waals surface area contributed by atoms with Gasteiger partial charge in [-0.15, -0.1) is 0 Å². The molecule has 0 aliphatic rings. The molecule has 162 valence electrons. The minimum Gasteiger partial charge on any atom is -0.483 e. The van der Waals surface area contributed by atoms with Crippen LogP contribution in [0.25, 0.3) is 0 Å². The Labute approximate surface area is 187 Å². The summed E-state index contributed by atoms with van der Waals surface area (Å²) in [4.78, 5) is 27.3. The average molecular weight is 475 g/mol. The molecule has 0 saturated carbocycles. The maximum atomic E-state index is 13.1. The first-order valence-electron chi connectivity index (χ1n) is 10.2. The van der Waals surface area contributed by atoms with Gasteiger partial charge in [0.2, 0.25) is 5.91 Å². The quantitative estimate of drug-likeness (QED) is 0.575. The van der Waals surface area contributed by atoms with E-state index in [0.717, 1.165) is 21.2 Å². The summed E-state index contributed by atoms with van der Waals surface area (Å²) in [7, 11) is 0. The number of carbonyl (C=O) groups excluding carboxylic acids is 2. The molecule has 5 nitrogen and oxygen atoms in total. The molecule has 2 aromatic carbocycles. The number of ether oxygens (including phenoxy) is 1. The van der Waals surface area contributed by atoms with Crippen LogP contribution >= 0.6 is 15.9 Å². The lowest BCUT2D eigenvalue weighted by Crippen LogP contribution is -2.49. The third-order valence-electron chi connectivity index (χ3n) is 4.80. The van der Waals surface area contributed by atoms with Crippen LogP contribution in [0.5, 0.6) is 5.75 Å². The Morgan fingerprint density at radius 1 is 1.07 bits per heavy atom. The van der Waals surface area contributed by atoms with Crippen molar-refractivity contribution in [3.63, 3.8) is 0 Å². The lowest BCUT2D eigenvalue weighted by molar-refractivity contribution is -0.142. The molecule has 0 fully saturated rings. The summed E-state index contributed by atoms with van der Waals surface area (Å²) in [5.41, 5.74) is 3.06. The highest BCUT2D eigenvalue weighted by molar-refractivity contribution is 9.10. The highest BCUT2D eigenvalue weighted by atomic mass is 79.9. The molecule has 1 N–H and O–H groups in total. The van der Waals surface area contributed by atoms with Crippen LogP contribution in [0.3, 0.4) is 0 Å². The molecule has 2 amide bonds. The van der Waals surface area contributed by atoms with Crippen LogP contribution in [-0.4, -0.2) is 35.9 Å². The van der Waals surface area contributed by atoms with Crippen molar-refractivity contribution in [1.82, 2.24) is 10.2 Å². The molecule has 6 heteroatoms. The smallest absolute Gasteiger partial charge is 0.261 e. The zero-order valence-electron chi connectivity index (χ0n) is 18.4. The van der Waals surface area contributed by atoms with Crippen molar-refractivity contribution in [2.75, 3.05) is 13.2 Å². The van der Waals surface area contributed by atoms with Gasteiger partial charge in [-0.1, -0.05) is 59.6 Å². The van der Waals surface area contributed by atoms with E-state index in [2.05, 4.69) is 21.2 Å². The van der Waals surface area contributed by atoms with Crippen LogP contribution in [0.1, 0.15) is 37.5 Å². The van der Waals surface area contributed by atoms with Crippen molar-refractivity contribution in [2.24, 2.45) is 5.92 Å². The van der Waals surface area contributed by atoms with Crippen LogP contribution in [0.15, 0.2) is 46.9 Å². The number of nitrogens with one attached hydrogen (secondary N) is 1. The number of nitrogens with zero attached hydrogens (tertiary/aromatic N) is 1. The maximum Gasteiger partial charge on any atom is 0.261 e. The van der Waals surface area contributed by atoms with E-state index in [1.165, 1.54) is 0 Å². The number of hydrogen-bond acceptors (Lipinski definition) is 3. The second-order valence-corrected chi connectivity index (χ2v) is 8.94. The molecular weight excluding hydrogens is 444 g/mol. The molecule has 0 aliphatic carbocycles. The molecule has 1 atom stereocenters. The van der Waals surface area contributed by atoms with Gasteiger partial charge in [0.25, 0.3) is 5.91 Å². The molecule has 0 bridgehead atoms. The summed E-state index contributed by atoms with van der Waals surface area (Å²) in [6.07, 6.45) is 0. The maximum absolute atomic E-state index is 13.1. The van der Waals surface area contributed by atoms with Gasteiger partial charge in [-0.25, -0.2) is 0 Å². The molecule has 0 saturated heterocycles. The van der Waals surface area contributed by atoms with E-state index < -0.39 is 6.04 Å². The fourth-order valence-corrected chi connectivity index (χ4v) is 3.27. The van der Waals surface area contributed by atoms with Gasteiger partial charge in [-0.05, 0) is 56.0 Å². The predicted octanol–water partition coefficient (Wildman–Crippen LogP) is 4.63. The number of rotatable bonds is 9. The molecule has 30 heavy (non-hydrogen) atoms. The molecule has 0 heterocycles. The highest BCUT2D eigenvalue weighted by Gasteiger charge is 2.26. The van der Waals surface area contributed by atoms with E-state index in [-0.39, 0.29) is 18.4 Å². The monoisotopic (exact) mass is 474 g/mol. The summed E-state index contributed by atoms with van der Waals surface area (Å²) in [5, 5.41) is 2.92. The Balaban J connectivity index is 2.14. The second kappa shape index (κ2) is 11.2. The fraction of sp³-hybridized carbons (Fsp3) is 0.417. The molecule has 0 aromatic heterocycles. The van der Waals surface area contributed by atoms with Crippen molar-refractivity contribution < 1.29 is 14.3 Å². The lowest BCUT2D eigenvalue weighted by atomic mass is 10.1. The van der Waals surface area contributed by atoms with E-state index in [1.807, 2.05) is 70.2 Å². The molecule has 1 unspecified atom stereocenters. The molecular formula is C24H31BrN2O3. The van der Waals surface area contributed by atoms with Crippen molar-refractivity contribution in [3.8, 4) is 5.75 Å². The zero-order valence-corrected chi connectivity index (χ0v) is 20.0. The SMILES string of the molecule is Cc1ccc(OCC(=O)N(Cc2ccc(Br)cc2)C(C)C(=O)NCC(C)C)c(C)c1. The molecule has 0 radical (unpaired) electrons. The van der Waals surface area contributed by atoms with Crippen molar-refractivity contribution >= 4 is 27.7 Å². The minimum atomic E-state index is -0.609. The number of benzene rings is 2. The summed E-state index contributed by atoms with van der Waals surface area (Å²) >= 11 is 3.42. The normalized spacial score (nSPS) is 11.8. The summed E-state index contributed by atoms with van der Waals surface area (Å²) in [6, 6.07) is 13.0. The number of hydrogen-bond donors (Lipinski definition) is 1.